The Hall–Kier alpha value is -3.74. The van der Waals surface area contributed by atoms with E-state index in [0.717, 1.165) is 22.6 Å². The summed E-state index contributed by atoms with van der Waals surface area (Å²) in [5.41, 5.74) is 1.58. The average Bonchev–Trinajstić information content (AvgIpc) is 3.60. The second-order valence-electron chi connectivity index (χ2n) is 8.28. The van der Waals surface area contributed by atoms with Gasteiger partial charge in [-0.15, -0.1) is 0 Å². The summed E-state index contributed by atoms with van der Waals surface area (Å²) in [6.45, 7) is 4.64. The first kappa shape index (κ1) is 21.5. The zero-order valence-corrected chi connectivity index (χ0v) is 18.2. The third-order valence-corrected chi connectivity index (χ3v) is 5.51. The first-order valence-corrected chi connectivity index (χ1v) is 10.7. The van der Waals surface area contributed by atoms with Gasteiger partial charge in [0.05, 0.1) is 5.56 Å². The zero-order valence-electron chi connectivity index (χ0n) is 18.2. The minimum absolute atomic E-state index is 0.186. The number of hydrogen-bond donors (Lipinski definition) is 2. The van der Waals surface area contributed by atoms with Gasteiger partial charge in [-0.25, -0.2) is 9.97 Å². The Balaban J connectivity index is 1.32. The monoisotopic (exact) mass is 430 g/mol. The molecule has 0 saturated heterocycles. The van der Waals surface area contributed by atoms with Gasteiger partial charge in [0.15, 0.2) is 0 Å². The molecule has 7 heteroatoms. The Bertz CT molecular complexity index is 1090. The zero-order chi connectivity index (χ0) is 22.6. The van der Waals surface area contributed by atoms with Crippen molar-refractivity contribution in [2.24, 2.45) is 0 Å². The second kappa shape index (κ2) is 9.18. The van der Waals surface area contributed by atoms with Crippen molar-refractivity contribution in [1.29, 1.82) is 0 Å². The Kier molecular flexibility index (Phi) is 6.16. The first-order valence-electron chi connectivity index (χ1n) is 10.7. The van der Waals surface area contributed by atoms with Crippen LogP contribution in [-0.4, -0.2) is 27.3 Å². The lowest BCUT2D eigenvalue weighted by Crippen LogP contribution is -2.48. The molecule has 0 spiro atoms. The molecule has 0 atom stereocenters. The van der Waals surface area contributed by atoms with Crippen LogP contribution in [0.3, 0.4) is 0 Å². The highest BCUT2D eigenvalue weighted by Crippen LogP contribution is 2.36. The maximum absolute atomic E-state index is 12.7. The van der Waals surface area contributed by atoms with Crippen molar-refractivity contribution < 1.29 is 14.3 Å². The van der Waals surface area contributed by atoms with Gasteiger partial charge in [0.2, 0.25) is 5.91 Å². The summed E-state index contributed by atoms with van der Waals surface area (Å²) in [4.78, 5) is 32.7. The summed E-state index contributed by atoms with van der Waals surface area (Å²) in [5.74, 6) is 1.42. The Morgan fingerprint density at radius 1 is 1.03 bits per heavy atom. The molecule has 1 fully saturated rings. The number of carbonyl (C=O) groups is 2. The van der Waals surface area contributed by atoms with Crippen LogP contribution in [0.5, 0.6) is 11.5 Å². The molecule has 4 rings (SSSR count). The van der Waals surface area contributed by atoms with Crippen molar-refractivity contribution in [2.45, 2.75) is 44.7 Å². The third kappa shape index (κ3) is 4.94. The number of ether oxygens (including phenoxy) is 1. The number of benzene rings is 2. The molecule has 0 radical (unpaired) electrons. The molecule has 0 aliphatic heterocycles. The predicted molar refractivity (Wildman–Crippen MR) is 120 cm³/mol. The van der Waals surface area contributed by atoms with Crippen LogP contribution in [0.15, 0.2) is 67.3 Å². The van der Waals surface area contributed by atoms with Gasteiger partial charge in [-0.1, -0.05) is 44.2 Å². The van der Waals surface area contributed by atoms with Crippen molar-refractivity contribution in [3.63, 3.8) is 0 Å². The van der Waals surface area contributed by atoms with Crippen LogP contribution in [-0.2, 0) is 11.3 Å². The van der Waals surface area contributed by atoms with E-state index in [1.165, 1.54) is 18.7 Å². The Morgan fingerprint density at radius 2 is 1.72 bits per heavy atom. The molecule has 1 saturated carbocycles. The molecule has 7 nitrogen and oxygen atoms in total. The van der Waals surface area contributed by atoms with E-state index in [1.807, 2.05) is 42.5 Å². The number of amides is 2. The fourth-order valence-corrected chi connectivity index (χ4v) is 3.44. The Labute approximate surface area is 187 Å². The first-order chi connectivity index (χ1) is 15.5. The summed E-state index contributed by atoms with van der Waals surface area (Å²) in [5, 5.41) is 5.75. The molecule has 0 bridgehead atoms. The molecule has 3 aromatic rings. The SMILES string of the molecule is CC(C)c1ccccc1Oc1ccc(CNC(=O)C2(NC(=O)c3cncnc3)CC2)cc1. The van der Waals surface area contributed by atoms with Gasteiger partial charge in [-0.3, -0.25) is 9.59 Å². The summed E-state index contributed by atoms with van der Waals surface area (Å²) in [7, 11) is 0. The van der Waals surface area contributed by atoms with Gasteiger partial charge in [-0.05, 0) is 48.1 Å². The fraction of sp³-hybridized carbons (Fsp3) is 0.280. The maximum Gasteiger partial charge on any atom is 0.255 e. The number of carbonyl (C=O) groups excluding carboxylic acids is 2. The summed E-state index contributed by atoms with van der Waals surface area (Å²) in [6.07, 6.45) is 5.44. The van der Waals surface area contributed by atoms with E-state index in [-0.39, 0.29) is 11.8 Å². The molecule has 164 valence electrons. The molecule has 2 amide bonds. The van der Waals surface area contributed by atoms with Crippen molar-refractivity contribution >= 4 is 11.8 Å². The van der Waals surface area contributed by atoms with Gasteiger partial charge in [0.1, 0.15) is 23.4 Å². The van der Waals surface area contributed by atoms with Crippen LogP contribution in [0.2, 0.25) is 0 Å². The van der Waals surface area contributed by atoms with Crippen LogP contribution in [0.25, 0.3) is 0 Å². The maximum atomic E-state index is 12.7. The van der Waals surface area contributed by atoms with Gasteiger partial charge in [0, 0.05) is 18.9 Å². The lowest BCUT2D eigenvalue weighted by atomic mass is 10.0. The Morgan fingerprint density at radius 3 is 2.38 bits per heavy atom. The van der Waals surface area contributed by atoms with Gasteiger partial charge < -0.3 is 15.4 Å². The number of rotatable bonds is 8. The van der Waals surface area contributed by atoms with Crippen molar-refractivity contribution in [1.82, 2.24) is 20.6 Å². The van der Waals surface area contributed by atoms with Crippen LogP contribution in [0.4, 0.5) is 0 Å². The summed E-state index contributed by atoms with van der Waals surface area (Å²) < 4.78 is 6.06. The average molecular weight is 431 g/mol. The predicted octanol–water partition coefficient (Wildman–Crippen LogP) is 3.97. The van der Waals surface area contributed by atoms with E-state index in [4.69, 9.17) is 4.74 Å². The third-order valence-electron chi connectivity index (χ3n) is 5.51. The van der Waals surface area contributed by atoms with Crippen molar-refractivity contribution in [3.05, 3.63) is 83.9 Å². The highest BCUT2D eigenvalue weighted by atomic mass is 16.5. The smallest absolute Gasteiger partial charge is 0.255 e. The van der Waals surface area contributed by atoms with Crippen LogP contribution >= 0.6 is 0 Å². The number of para-hydroxylation sites is 1. The van der Waals surface area contributed by atoms with Crippen LogP contribution in [0, 0.1) is 0 Å². The number of hydrogen-bond acceptors (Lipinski definition) is 5. The summed E-state index contributed by atoms with van der Waals surface area (Å²) >= 11 is 0. The van der Waals surface area contributed by atoms with Crippen molar-refractivity contribution in [3.8, 4) is 11.5 Å². The van der Waals surface area contributed by atoms with Gasteiger partial charge >= 0.3 is 0 Å². The molecule has 1 aromatic heterocycles. The lowest BCUT2D eigenvalue weighted by molar-refractivity contribution is -0.124. The number of aromatic nitrogens is 2. The molecular formula is C25H26N4O3. The minimum Gasteiger partial charge on any atom is -0.457 e. The molecule has 32 heavy (non-hydrogen) atoms. The molecule has 2 aromatic carbocycles. The molecule has 1 aliphatic carbocycles. The molecule has 1 heterocycles. The van der Waals surface area contributed by atoms with E-state index >= 15 is 0 Å². The highest BCUT2D eigenvalue weighted by molar-refractivity contribution is 6.00. The topological polar surface area (TPSA) is 93.2 Å². The van der Waals surface area contributed by atoms with Gasteiger partial charge in [0.25, 0.3) is 5.91 Å². The minimum atomic E-state index is -0.851. The lowest BCUT2D eigenvalue weighted by Gasteiger charge is -2.17. The molecular weight excluding hydrogens is 404 g/mol. The quantitative estimate of drug-likeness (QED) is 0.564. The van der Waals surface area contributed by atoms with E-state index in [0.29, 0.717) is 30.9 Å². The molecule has 1 aliphatic rings. The van der Waals surface area contributed by atoms with E-state index in [9.17, 15) is 9.59 Å². The van der Waals surface area contributed by atoms with E-state index in [1.54, 1.807) is 0 Å². The number of nitrogens with one attached hydrogen (secondary N) is 2. The standard InChI is InChI=1S/C25H26N4O3/c1-17(2)21-5-3-4-6-22(21)32-20-9-7-18(8-10-20)13-28-24(31)25(11-12-25)29-23(30)19-14-26-16-27-15-19/h3-10,14-17H,11-13H2,1-2H3,(H,28,31)(H,29,30). The normalized spacial score (nSPS) is 14.0. The van der Waals surface area contributed by atoms with E-state index in [2.05, 4.69) is 40.5 Å². The second-order valence-corrected chi connectivity index (χ2v) is 8.28. The summed E-state index contributed by atoms with van der Waals surface area (Å²) in [6, 6.07) is 15.6. The number of nitrogens with zero attached hydrogens (tertiary/aromatic N) is 2. The van der Waals surface area contributed by atoms with Crippen molar-refractivity contribution in [2.75, 3.05) is 0 Å². The fourth-order valence-electron chi connectivity index (χ4n) is 3.44. The van der Waals surface area contributed by atoms with Gasteiger partial charge in [-0.2, -0.15) is 0 Å². The largest absolute Gasteiger partial charge is 0.457 e. The molecule has 0 unspecified atom stereocenters. The van der Waals surface area contributed by atoms with E-state index < -0.39 is 5.54 Å². The highest BCUT2D eigenvalue weighted by Gasteiger charge is 2.51. The van der Waals surface area contributed by atoms with Crippen LogP contribution < -0.4 is 15.4 Å². The molecule has 2 N–H and O–H groups in total. The van der Waals surface area contributed by atoms with Crippen LogP contribution in [0.1, 0.15) is 54.1 Å².